The number of carboxylic acid groups (broad SMARTS) is 1. The molecule has 0 amide bonds. The number of carboxylic acids is 1. The summed E-state index contributed by atoms with van der Waals surface area (Å²) in [4.78, 5) is 10.3. The first-order valence-electron chi connectivity index (χ1n) is 4.88. The maximum absolute atomic E-state index is 12.4. The first-order valence-corrected chi connectivity index (χ1v) is 5.26. The van der Waals surface area contributed by atoms with Gasteiger partial charge in [-0.05, 0) is 36.6 Å². The second-order valence-electron chi connectivity index (χ2n) is 3.55. The van der Waals surface area contributed by atoms with E-state index in [0.29, 0.717) is 5.56 Å². The van der Waals surface area contributed by atoms with Crippen LogP contribution in [-0.4, -0.2) is 11.1 Å². The molecule has 0 unspecified atom stereocenters. The molecular weight excluding hydrogens is 257 g/mol. The number of halogens is 4. The fraction of sp³-hybridized carbons (Fsp3) is 0.364. The highest BCUT2D eigenvalue weighted by Crippen LogP contribution is 2.32. The van der Waals surface area contributed by atoms with Gasteiger partial charge in [0.1, 0.15) is 0 Å². The van der Waals surface area contributed by atoms with Crippen molar-refractivity contribution >= 4 is 17.6 Å². The number of aryl methyl sites for hydroxylation is 1. The number of hydrogen-bond donors (Lipinski definition) is 1. The third-order valence-corrected chi connectivity index (χ3v) is 2.58. The fourth-order valence-electron chi connectivity index (χ4n) is 1.37. The van der Waals surface area contributed by atoms with Crippen LogP contribution in [0.5, 0.6) is 0 Å². The molecular formula is C11H10ClF3O2. The second kappa shape index (κ2) is 5.40. The van der Waals surface area contributed by atoms with Crippen LogP contribution < -0.4 is 0 Å². The van der Waals surface area contributed by atoms with Gasteiger partial charge >= 0.3 is 12.1 Å². The van der Waals surface area contributed by atoms with Crippen LogP contribution in [0.1, 0.15) is 24.0 Å². The van der Waals surface area contributed by atoms with Crippen LogP contribution in [0.4, 0.5) is 13.2 Å². The topological polar surface area (TPSA) is 37.3 Å². The van der Waals surface area contributed by atoms with Crippen LogP contribution in [-0.2, 0) is 17.4 Å². The molecule has 0 spiro atoms. The minimum Gasteiger partial charge on any atom is -0.481 e. The van der Waals surface area contributed by atoms with Crippen molar-refractivity contribution in [1.82, 2.24) is 0 Å². The van der Waals surface area contributed by atoms with E-state index < -0.39 is 17.7 Å². The molecule has 0 bridgehead atoms. The van der Waals surface area contributed by atoms with Crippen molar-refractivity contribution in [2.24, 2.45) is 0 Å². The van der Waals surface area contributed by atoms with E-state index in [0.717, 1.165) is 12.1 Å². The number of rotatable bonds is 4. The monoisotopic (exact) mass is 266 g/mol. The van der Waals surface area contributed by atoms with E-state index in [1.54, 1.807) is 0 Å². The van der Waals surface area contributed by atoms with Gasteiger partial charge in [0.15, 0.2) is 0 Å². The van der Waals surface area contributed by atoms with E-state index in [1.807, 2.05) is 0 Å². The zero-order valence-corrected chi connectivity index (χ0v) is 9.48. The minimum absolute atomic E-state index is 0.0907. The summed E-state index contributed by atoms with van der Waals surface area (Å²) >= 11 is 5.75. The molecule has 0 fully saturated rings. The molecule has 1 aromatic carbocycles. The fourth-order valence-corrected chi connectivity index (χ4v) is 1.58. The number of hydrogen-bond acceptors (Lipinski definition) is 1. The normalized spacial score (nSPS) is 11.5. The molecule has 94 valence electrons. The van der Waals surface area contributed by atoms with E-state index in [-0.39, 0.29) is 24.3 Å². The van der Waals surface area contributed by atoms with Crippen molar-refractivity contribution in [2.45, 2.75) is 25.4 Å². The molecule has 1 aromatic rings. The maximum atomic E-state index is 12.4. The molecule has 0 aliphatic heterocycles. The lowest BCUT2D eigenvalue weighted by Crippen LogP contribution is -2.06. The summed E-state index contributed by atoms with van der Waals surface area (Å²) in [5.41, 5.74) is -0.449. The molecule has 1 N–H and O–H groups in total. The van der Waals surface area contributed by atoms with E-state index in [1.165, 1.54) is 6.07 Å². The van der Waals surface area contributed by atoms with Gasteiger partial charge in [0.05, 0.1) is 5.56 Å². The molecule has 0 aliphatic carbocycles. The predicted molar refractivity (Wildman–Crippen MR) is 57.0 cm³/mol. The van der Waals surface area contributed by atoms with E-state index in [9.17, 15) is 18.0 Å². The Bertz CT molecular complexity index is 416. The first-order chi connectivity index (χ1) is 7.80. The lowest BCUT2D eigenvalue weighted by Gasteiger charge is -2.10. The molecule has 0 atom stereocenters. The summed E-state index contributed by atoms with van der Waals surface area (Å²) in [7, 11) is 0. The Balaban J connectivity index is 2.80. The van der Waals surface area contributed by atoms with Gasteiger partial charge in [-0.25, -0.2) is 0 Å². The van der Waals surface area contributed by atoms with Crippen molar-refractivity contribution in [2.75, 3.05) is 0 Å². The highest BCUT2D eigenvalue weighted by Gasteiger charge is 2.30. The number of alkyl halides is 3. The Morgan fingerprint density at radius 3 is 2.53 bits per heavy atom. The van der Waals surface area contributed by atoms with Gasteiger partial charge in [-0.15, -0.1) is 0 Å². The van der Waals surface area contributed by atoms with E-state index in [4.69, 9.17) is 16.7 Å². The van der Waals surface area contributed by atoms with Gasteiger partial charge in [0.2, 0.25) is 0 Å². The molecule has 1 rings (SSSR count). The summed E-state index contributed by atoms with van der Waals surface area (Å²) in [6.45, 7) is 0. The molecule has 0 aliphatic rings. The average Bonchev–Trinajstić information content (AvgIpc) is 2.18. The molecule has 6 heteroatoms. The largest absolute Gasteiger partial charge is 0.481 e. The Morgan fingerprint density at radius 1 is 1.35 bits per heavy atom. The number of benzene rings is 1. The van der Waals surface area contributed by atoms with E-state index >= 15 is 0 Å². The molecule has 17 heavy (non-hydrogen) atoms. The zero-order valence-electron chi connectivity index (χ0n) is 8.72. The third-order valence-electron chi connectivity index (χ3n) is 2.21. The summed E-state index contributed by atoms with van der Waals surface area (Å²) in [5.74, 6) is -0.979. The molecule has 0 saturated carbocycles. The average molecular weight is 267 g/mol. The van der Waals surface area contributed by atoms with Crippen LogP contribution >= 0.6 is 11.6 Å². The highest BCUT2D eigenvalue weighted by molar-refractivity contribution is 6.31. The van der Waals surface area contributed by atoms with Crippen LogP contribution in [0.15, 0.2) is 18.2 Å². The van der Waals surface area contributed by atoms with Crippen molar-refractivity contribution in [1.29, 1.82) is 0 Å². The number of carbonyl (C=O) groups is 1. The minimum atomic E-state index is -4.41. The van der Waals surface area contributed by atoms with Gasteiger partial charge < -0.3 is 5.11 Å². The number of aliphatic carboxylic acids is 1. The molecule has 0 heterocycles. The lowest BCUT2D eigenvalue weighted by molar-refractivity contribution is -0.138. The molecule has 0 radical (unpaired) electrons. The third kappa shape index (κ3) is 4.26. The summed E-state index contributed by atoms with van der Waals surface area (Å²) in [6.07, 6.45) is -4.02. The smallest absolute Gasteiger partial charge is 0.416 e. The van der Waals surface area contributed by atoms with Gasteiger partial charge in [-0.2, -0.15) is 13.2 Å². The Morgan fingerprint density at radius 2 is 2.00 bits per heavy atom. The van der Waals surface area contributed by atoms with Gasteiger partial charge in [0.25, 0.3) is 0 Å². The van der Waals surface area contributed by atoms with Crippen LogP contribution in [0, 0.1) is 0 Å². The molecule has 0 aromatic heterocycles. The van der Waals surface area contributed by atoms with Crippen molar-refractivity contribution in [3.05, 3.63) is 34.3 Å². The van der Waals surface area contributed by atoms with Gasteiger partial charge in [0, 0.05) is 11.4 Å². The Kier molecular flexibility index (Phi) is 4.40. The van der Waals surface area contributed by atoms with Crippen LogP contribution in [0.3, 0.4) is 0 Å². The highest BCUT2D eigenvalue weighted by atomic mass is 35.5. The second-order valence-corrected chi connectivity index (χ2v) is 3.96. The van der Waals surface area contributed by atoms with Crippen molar-refractivity contribution in [3.63, 3.8) is 0 Å². The van der Waals surface area contributed by atoms with Crippen LogP contribution in [0.25, 0.3) is 0 Å². The maximum Gasteiger partial charge on any atom is 0.416 e. The summed E-state index contributed by atoms with van der Waals surface area (Å²) in [5, 5.41) is 8.66. The lowest BCUT2D eigenvalue weighted by atomic mass is 10.0. The first kappa shape index (κ1) is 13.8. The van der Waals surface area contributed by atoms with E-state index in [2.05, 4.69) is 0 Å². The predicted octanol–water partition coefficient (Wildman–Crippen LogP) is 3.77. The quantitative estimate of drug-likeness (QED) is 0.901. The zero-order chi connectivity index (χ0) is 13.1. The molecule has 0 saturated heterocycles. The Labute approximate surface area is 101 Å². The van der Waals surface area contributed by atoms with Crippen molar-refractivity contribution in [3.8, 4) is 0 Å². The van der Waals surface area contributed by atoms with Gasteiger partial charge in [-0.3, -0.25) is 4.79 Å². The Hall–Kier alpha value is -1.23. The summed E-state index contributed by atoms with van der Waals surface area (Å²) < 4.78 is 37.2. The standard InChI is InChI=1S/C11H10ClF3O2/c12-9-5-4-8(11(13,14)15)6-7(9)2-1-3-10(16)17/h4-6H,1-3H2,(H,16,17). The van der Waals surface area contributed by atoms with Crippen molar-refractivity contribution < 1.29 is 23.1 Å². The SMILES string of the molecule is O=C(O)CCCc1cc(C(F)(F)F)ccc1Cl. The summed E-state index contributed by atoms with van der Waals surface area (Å²) in [6, 6.07) is 3.05. The van der Waals surface area contributed by atoms with Gasteiger partial charge in [-0.1, -0.05) is 11.6 Å². The molecule has 2 nitrogen and oxygen atoms in total. The van der Waals surface area contributed by atoms with Crippen LogP contribution in [0.2, 0.25) is 5.02 Å².